The maximum absolute atomic E-state index is 12.7. The highest BCUT2D eigenvalue weighted by molar-refractivity contribution is 5.87. The molecule has 1 N–H and O–H groups in total. The Kier molecular flexibility index (Phi) is 4.35. The molecule has 3 unspecified atom stereocenters. The molecule has 1 saturated carbocycles. The van der Waals surface area contributed by atoms with Crippen LogP contribution in [0, 0.1) is 11.3 Å². The predicted octanol–water partition coefficient (Wildman–Crippen LogP) is 2.92. The molecule has 0 aliphatic heterocycles. The molecule has 1 aromatic carbocycles. The average Bonchev–Trinajstić information content (AvgIpc) is 3.17. The Bertz CT molecular complexity index is 528. The first-order valence-corrected chi connectivity index (χ1v) is 7.46. The topological polar surface area (TPSA) is 57.6 Å². The van der Waals surface area contributed by atoms with Crippen LogP contribution in [0.1, 0.15) is 39.2 Å². The summed E-state index contributed by atoms with van der Waals surface area (Å²) in [5.74, 6) is -1.02. The van der Waals surface area contributed by atoms with Gasteiger partial charge in [0.25, 0.3) is 0 Å². The number of rotatable bonds is 6. The van der Waals surface area contributed by atoms with Crippen LogP contribution < -0.4 is 0 Å². The second kappa shape index (κ2) is 5.88. The standard InChI is InChI=1S/C17H23NO3/c1-4-17(3)10-14(17)15(19)18(12(2)16(20)21)11-13-8-6-5-7-9-13/h5-9,12,14H,4,10-11H2,1-3H3,(H,20,21). The fourth-order valence-corrected chi connectivity index (χ4v) is 2.70. The smallest absolute Gasteiger partial charge is 0.326 e. The van der Waals surface area contributed by atoms with E-state index in [0.29, 0.717) is 6.54 Å². The van der Waals surface area contributed by atoms with Crippen LogP contribution in [0.15, 0.2) is 30.3 Å². The van der Waals surface area contributed by atoms with E-state index in [2.05, 4.69) is 13.8 Å². The summed E-state index contributed by atoms with van der Waals surface area (Å²) in [5.41, 5.74) is 1.00. The van der Waals surface area contributed by atoms with Gasteiger partial charge in [-0.05, 0) is 30.7 Å². The SMILES string of the molecule is CCC1(C)CC1C(=O)N(Cc1ccccc1)C(C)C(=O)O. The predicted molar refractivity (Wildman–Crippen MR) is 80.6 cm³/mol. The lowest BCUT2D eigenvalue weighted by molar-refractivity contribution is -0.151. The van der Waals surface area contributed by atoms with E-state index in [1.807, 2.05) is 30.3 Å². The Morgan fingerprint density at radius 2 is 2.00 bits per heavy atom. The van der Waals surface area contributed by atoms with Gasteiger partial charge in [0.1, 0.15) is 6.04 Å². The first-order valence-electron chi connectivity index (χ1n) is 7.46. The van der Waals surface area contributed by atoms with Gasteiger partial charge in [-0.15, -0.1) is 0 Å². The third kappa shape index (κ3) is 3.26. The average molecular weight is 289 g/mol. The molecule has 1 aliphatic carbocycles. The van der Waals surface area contributed by atoms with Gasteiger partial charge in [0.05, 0.1) is 0 Å². The summed E-state index contributed by atoms with van der Waals surface area (Å²) in [4.78, 5) is 25.5. The molecule has 1 fully saturated rings. The van der Waals surface area contributed by atoms with Gasteiger partial charge in [0.15, 0.2) is 0 Å². The number of carboxylic acids is 1. The molecule has 114 valence electrons. The maximum atomic E-state index is 12.7. The molecular formula is C17H23NO3. The first kappa shape index (κ1) is 15.5. The molecule has 0 heterocycles. The monoisotopic (exact) mass is 289 g/mol. The van der Waals surface area contributed by atoms with Crippen molar-refractivity contribution in [2.24, 2.45) is 11.3 Å². The minimum Gasteiger partial charge on any atom is -0.480 e. The van der Waals surface area contributed by atoms with Gasteiger partial charge >= 0.3 is 5.97 Å². The number of carboxylic acid groups (broad SMARTS) is 1. The van der Waals surface area contributed by atoms with Crippen LogP contribution in [-0.4, -0.2) is 27.9 Å². The summed E-state index contributed by atoms with van der Waals surface area (Å²) in [7, 11) is 0. The summed E-state index contributed by atoms with van der Waals surface area (Å²) in [5, 5.41) is 9.27. The Hall–Kier alpha value is -1.84. The summed E-state index contributed by atoms with van der Waals surface area (Å²) in [6.45, 7) is 6.11. The molecule has 0 aromatic heterocycles. The van der Waals surface area contributed by atoms with Crippen molar-refractivity contribution in [2.75, 3.05) is 0 Å². The van der Waals surface area contributed by atoms with E-state index in [1.165, 1.54) is 4.90 Å². The second-order valence-electron chi connectivity index (χ2n) is 6.23. The van der Waals surface area contributed by atoms with E-state index in [0.717, 1.165) is 18.4 Å². The zero-order chi connectivity index (χ0) is 15.6. The lowest BCUT2D eigenvalue weighted by Crippen LogP contribution is -2.44. The van der Waals surface area contributed by atoms with Crippen molar-refractivity contribution in [3.63, 3.8) is 0 Å². The second-order valence-corrected chi connectivity index (χ2v) is 6.23. The van der Waals surface area contributed by atoms with Gasteiger partial charge in [-0.3, -0.25) is 4.79 Å². The highest BCUT2D eigenvalue weighted by atomic mass is 16.4. The minimum atomic E-state index is -0.960. The quantitative estimate of drug-likeness (QED) is 0.876. The molecule has 1 amide bonds. The fourth-order valence-electron chi connectivity index (χ4n) is 2.70. The normalized spacial score (nSPS) is 25.2. The van der Waals surface area contributed by atoms with Crippen LogP contribution in [-0.2, 0) is 16.1 Å². The third-order valence-corrected chi connectivity index (χ3v) is 4.76. The lowest BCUT2D eigenvalue weighted by Gasteiger charge is -2.27. The van der Waals surface area contributed by atoms with Crippen LogP contribution in [0.5, 0.6) is 0 Å². The molecule has 4 heteroatoms. The van der Waals surface area contributed by atoms with Gasteiger partial charge < -0.3 is 10.0 Å². The molecule has 1 aromatic rings. The van der Waals surface area contributed by atoms with Gasteiger partial charge in [0.2, 0.25) is 5.91 Å². The number of nitrogens with zero attached hydrogens (tertiary/aromatic N) is 1. The van der Waals surface area contributed by atoms with Crippen molar-refractivity contribution in [3.8, 4) is 0 Å². The highest BCUT2D eigenvalue weighted by Gasteiger charge is 2.54. The molecule has 0 saturated heterocycles. The van der Waals surface area contributed by atoms with Gasteiger partial charge in [0, 0.05) is 12.5 Å². The highest BCUT2D eigenvalue weighted by Crippen LogP contribution is 2.55. The molecule has 1 aliphatic rings. The maximum Gasteiger partial charge on any atom is 0.326 e. The molecule has 0 bridgehead atoms. The van der Waals surface area contributed by atoms with Crippen molar-refractivity contribution in [3.05, 3.63) is 35.9 Å². The fraction of sp³-hybridized carbons (Fsp3) is 0.529. The summed E-state index contributed by atoms with van der Waals surface area (Å²) >= 11 is 0. The van der Waals surface area contributed by atoms with Crippen LogP contribution in [0.2, 0.25) is 0 Å². The largest absolute Gasteiger partial charge is 0.480 e. The number of aliphatic carboxylic acids is 1. The van der Waals surface area contributed by atoms with E-state index in [1.54, 1.807) is 6.92 Å². The van der Waals surface area contributed by atoms with Gasteiger partial charge in [-0.1, -0.05) is 44.2 Å². The van der Waals surface area contributed by atoms with Gasteiger partial charge in [-0.25, -0.2) is 4.79 Å². The lowest BCUT2D eigenvalue weighted by atomic mass is 10.0. The molecule has 21 heavy (non-hydrogen) atoms. The molecule has 3 atom stereocenters. The zero-order valence-electron chi connectivity index (χ0n) is 12.9. The van der Waals surface area contributed by atoms with Crippen molar-refractivity contribution < 1.29 is 14.7 Å². The van der Waals surface area contributed by atoms with Crippen molar-refractivity contribution >= 4 is 11.9 Å². The Morgan fingerprint density at radius 3 is 2.48 bits per heavy atom. The Labute approximate surface area is 125 Å². The minimum absolute atomic E-state index is 0.0295. The Balaban J connectivity index is 2.17. The number of amides is 1. The molecule has 0 spiro atoms. The van der Waals surface area contributed by atoms with E-state index in [9.17, 15) is 14.7 Å². The van der Waals surface area contributed by atoms with Crippen LogP contribution in [0.25, 0.3) is 0 Å². The summed E-state index contributed by atoms with van der Waals surface area (Å²) in [6.07, 6.45) is 1.81. The van der Waals surface area contributed by atoms with Gasteiger partial charge in [-0.2, -0.15) is 0 Å². The zero-order valence-corrected chi connectivity index (χ0v) is 12.9. The molecule has 0 radical (unpaired) electrons. The number of hydrogen-bond acceptors (Lipinski definition) is 2. The first-order chi connectivity index (χ1) is 9.89. The van der Waals surface area contributed by atoms with E-state index < -0.39 is 12.0 Å². The van der Waals surface area contributed by atoms with E-state index in [4.69, 9.17) is 0 Å². The van der Waals surface area contributed by atoms with Crippen LogP contribution >= 0.6 is 0 Å². The van der Waals surface area contributed by atoms with Crippen molar-refractivity contribution in [2.45, 2.75) is 46.2 Å². The van der Waals surface area contributed by atoms with E-state index >= 15 is 0 Å². The number of carbonyl (C=O) groups excluding carboxylic acids is 1. The van der Waals surface area contributed by atoms with E-state index in [-0.39, 0.29) is 17.2 Å². The third-order valence-electron chi connectivity index (χ3n) is 4.76. The Morgan fingerprint density at radius 1 is 1.38 bits per heavy atom. The molecule has 2 rings (SSSR count). The number of carbonyl (C=O) groups is 2. The van der Waals surface area contributed by atoms with Crippen molar-refractivity contribution in [1.82, 2.24) is 4.90 Å². The molecule has 4 nitrogen and oxygen atoms in total. The van der Waals surface area contributed by atoms with Crippen LogP contribution in [0.3, 0.4) is 0 Å². The summed E-state index contributed by atoms with van der Waals surface area (Å²) in [6, 6.07) is 8.74. The molecular weight excluding hydrogens is 266 g/mol. The summed E-state index contributed by atoms with van der Waals surface area (Å²) < 4.78 is 0. The van der Waals surface area contributed by atoms with Crippen molar-refractivity contribution in [1.29, 1.82) is 0 Å². The number of benzene rings is 1. The van der Waals surface area contributed by atoms with Crippen LogP contribution in [0.4, 0.5) is 0 Å². The number of hydrogen-bond donors (Lipinski definition) is 1.